The molecule has 0 amide bonds. The number of aromatic nitrogens is 2. The fraction of sp³-hybridized carbons (Fsp3) is 0.0714. The third-order valence-corrected chi connectivity index (χ3v) is 3.62. The highest BCUT2D eigenvalue weighted by Crippen LogP contribution is 2.26. The van der Waals surface area contributed by atoms with Crippen LogP contribution >= 0.6 is 27.5 Å². The van der Waals surface area contributed by atoms with Gasteiger partial charge in [0.1, 0.15) is 5.82 Å². The van der Waals surface area contributed by atoms with Crippen LogP contribution in [-0.4, -0.2) is 9.97 Å². The van der Waals surface area contributed by atoms with Crippen molar-refractivity contribution in [1.82, 2.24) is 9.97 Å². The zero-order valence-corrected chi connectivity index (χ0v) is 12.0. The van der Waals surface area contributed by atoms with Gasteiger partial charge in [0, 0.05) is 15.1 Å². The Balaban J connectivity index is 2.19. The molecule has 1 heterocycles. The van der Waals surface area contributed by atoms with E-state index in [1.807, 2.05) is 24.3 Å². The Morgan fingerprint density at radius 3 is 2.78 bits per heavy atom. The second-order valence-corrected chi connectivity index (χ2v) is 5.56. The summed E-state index contributed by atoms with van der Waals surface area (Å²) in [5.41, 5.74) is 4.16. The van der Waals surface area contributed by atoms with Crippen molar-refractivity contribution >= 4 is 38.6 Å². The van der Waals surface area contributed by atoms with E-state index in [1.54, 1.807) is 0 Å². The lowest BCUT2D eigenvalue weighted by atomic mass is 10.1. The van der Waals surface area contributed by atoms with Crippen molar-refractivity contribution < 1.29 is 0 Å². The second-order valence-electron chi connectivity index (χ2n) is 4.21. The number of benzene rings is 2. The van der Waals surface area contributed by atoms with Gasteiger partial charge < -0.3 is 4.98 Å². The summed E-state index contributed by atoms with van der Waals surface area (Å²) in [6.45, 7) is 2.07. The molecule has 1 aromatic heterocycles. The first-order chi connectivity index (χ1) is 8.63. The Bertz CT molecular complexity index is 734. The van der Waals surface area contributed by atoms with E-state index in [0.29, 0.717) is 5.02 Å². The molecule has 0 spiro atoms. The summed E-state index contributed by atoms with van der Waals surface area (Å²) in [7, 11) is 0. The number of rotatable bonds is 1. The average Bonchev–Trinajstić information content (AvgIpc) is 2.71. The minimum absolute atomic E-state index is 0.713. The summed E-state index contributed by atoms with van der Waals surface area (Å²) in [5, 5.41) is 0.713. The number of imidazole rings is 1. The van der Waals surface area contributed by atoms with Crippen LogP contribution < -0.4 is 0 Å². The second kappa shape index (κ2) is 4.41. The molecule has 0 saturated carbocycles. The summed E-state index contributed by atoms with van der Waals surface area (Å²) in [6.07, 6.45) is 0. The van der Waals surface area contributed by atoms with Gasteiger partial charge in [-0.15, -0.1) is 0 Å². The number of halogens is 2. The van der Waals surface area contributed by atoms with Crippen LogP contribution in [-0.2, 0) is 0 Å². The lowest BCUT2D eigenvalue weighted by Gasteiger charge is -2.02. The molecule has 0 radical (unpaired) electrons. The first-order valence-corrected chi connectivity index (χ1v) is 6.72. The summed E-state index contributed by atoms with van der Waals surface area (Å²) in [6, 6.07) is 11.8. The predicted octanol–water partition coefficient (Wildman–Crippen LogP) is 4.95. The van der Waals surface area contributed by atoms with Gasteiger partial charge in [0.25, 0.3) is 0 Å². The molecule has 4 heteroatoms. The Hall–Kier alpha value is -1.32. The maximum Gasteiger partial charge on any atom is 0.138 e. The first kappa shape index (κ1) is 11.8. The van der Waals surface area contributed by atoms with Crippen LogP contribution in [0.5, 0.6) is 0 Å². The van der Waals surface area contributed by atoms with Gasteiger partial charge in [-0.2, -0.15) is 0 Å². The number of aromatic amines is 1. The first-order valence-electron chi connectivity index (χ1n) is 5.55. The van der Waals surface area contributed by atoms with Crippen LogP contribution in [0.25, 0.3) is 22.4 Å². The summed E-state index contributed by atoms with van der Waals surface area (Å²) in [4.78, 5) is 7.89. The lowest BCUT2D eigenvalue weighted by molar-refractivity contribution is 1.30. The van der Waals surface area contributed by atoms with Gasteiger partial charge in [0.2, 0.25) is 0 Å². The molecule has 0 atom stereocenters. The van der Waals surface area contributed by atoms with Gasteiger partial charge in [0.05, 0.1) is 11.0 Å². The molecule has 0 aliphatic carbocycles. The number of aryl methyl sites for hydroxylation is 1. The number of fused-ring (bicyclic) bond motifs is 1. The number of nitrogens with zero attached hydrogens (tertiary/aromatic N) is 1. The van der Waals surface area contributed by atoms with Gasteiger partial charge in [-0.1, -0.05) is 27.5 Å². The molecule has 3 rings (SSSR count). The third kappa shape index (κ3) is 2.04. The molecule has 0 saturated heterocycles. The van der Waals surface area contributed by atoms with Crippen molar-refractivity contribution in [2.75, 3.05) is 0 Å². The van der Waals surface area contributed by atoms with Crippen LogP contribution in [0.2, 0.25) is 5.02 Å². The normalized spacial score (nSPS) is 11.1. The molecule has 0 aliphatic rings. The quantitative estimate of drug-likeness (QED) is 0.674. The Morgan fingerprint density at radius 2 is 2.00 bits per heavy atom. The van der Waals surface area contributed by atoms with E-state index in [-0.39, 0.29) is 0 Å². The molecule has 0 bridgehead atoms. The molecule has 2 aromatic carbocycles. The molecule has 2 nitrogen and oxygen atoms in total. The van der Waals surface area contributed by atoms with E-state index in [0.717, 1.165) is 26.9 Å². The van der Waals surface area contributed by atoms with Gasteiger partial charge in [0.15, 0.2) is 0 Å². The van der Waals surface area contributed by atoms with Crippen molar-refractivity contribution in [2.45, 2.75) is 6.92 Å². The third-order valence-electron chi connectivity index (χ3n) is 2.89. The highest BCUT2D eigenvalue weighted by atomic mass is 79.9. The number of hydrogen-bond acceptors (Lipinski definition) is 1. The van der Waals surface area contributed by atoms with E-state index in [9.17, 15) is 0 Å². The number of hydrogen-bond donors (Lipinski definition) is 1. The minimum Gasteiger partial charge on any atom is -0.338 e. The highest BCUT2D eigenvalue weighted by molar-refractivity contribution is 9.10. The monoisotopic (exact) mass is 320 g/mol. The molecule has 3 aromatic rings. The fourth-order valence-electron chi connectivity index (χ4n) is 2.00. The molecule has 0 unspecified atom stereocenters. The average molecular weight is 322 g/mol. The lowest BCUT2D eigenvalue weighted by Crippen LogP contribution is -1.85. The van der Waals surface area contributed by atoms with Gasteiger partial charge in [-0.05, 0) is 48.9 Å². The van der Waals surface area contributed by atoms with E-state index in [2.05, 4.69) is 45.0 Å². The van der Waals surface area contributed by atoms with Crippen molar-refractivity contribution in [3.8, 4) is 11.4 Å². The van der Waals surface area contributed by atoms with Crippen LogP contribution in [0.15, 0.2) is 40.9 Å². The molecule has 18 heavy (non-hydrogen) atoms. The van der Waals surface area contributed by atoms with Crippen LogP contribution in [0.3, 0.4) is 0 Å². The standard InChI is InChI=1S/C14H10BrClN2/c1-8-6-9(15)2-4-11(8)14-17-12-5-3-10(16)7-13(12)18-14/h2-7H,1H3,(H,17,18). The van der Waals surface area contributed by atoms with Crippen molar-refractivity contribution in [2.24, 2.45) is 0 Å². The zero-order chi connectivity index (χ0) is 12.7. The van der Waals surface area contributed by atoms with E-state index >= 15 is 0 Å². The van der Waals surface area contributed by atoms with Crippen LogP contribution in [0.1, 0.15) is 5.56 Å². The van der Waals surface area contributed by atoms with Crippen LogP contribution in [0.4, 0.5) is 0 Å². The van der Waals surface area contributed by atoms with Crippen molar-refractivity contribution in [1.29, 1.82) is 0 Å². The number of H-pyrrole nitrogens is 1. The molecule has 1 N–H and O–H groups in total. The highest BCUT2D eigenvalue weighted by Gasteiger charge is 2.08. The Morgan fingerprint density at radius 1 is 1.17 bits per heavy atom. The summed E-state index contributed by atoms with van der Waals surface area (Å²) in [5.74, 6) is 0.872. The maximum atomic E-state index is 5.97. The molecule has 0 fully saturated rings. The summed E-state index contributed by atoms with van der Waals surface area (Å²) < 4.78 is 1.07. The minimum atomic E-state index is 0.713. The van der Waals surface area contributed by atoms with Gasteiger partial charge in [-0.3, -0.25) is 0 Å². The van der Waals surface area contributed by atoms with E-state index < -0.39 is 0 Å². The van der Waals surface area contributed by atoms with E-state index in [4.69, 9.17) is 11.6 Å². The van der Waals surface area contributed by atoms with Crippen LogP contribution in [0, 0.1) is 6.92 Å². The van der Waals surface area contributed by atoms with E-state index in [1.165, 1.54) is 5.56 Å². The fourth-order valence-corrected chi connectivity index (χ4v) is 2.65. The summed E-state index contributed by atoms with van der Waals surface area (Å²) >= 11 is 9.44. The van der Waals surface area contributed by atoms with Crippen molar-refractivity contribution in [3.63, 3.8) is 0 Å². The Labute approximate surface area is 118 Å². The molecule has 0 aliphatic heterocycles. The zero-order valence-electron chi connectivity index (χ0n) is 9.67. The Kier molecular flexibility index (Phi) is 2.88. The maximum absolute atomic E-state index is 5.97. The molecular weight excluding hydrogens is 312 g/mol. The molecule has 90 valence electrons. The van der Waals surface area contributed by atoms with Gasteiger partial charge in [-0.25, -0.2) is 4.98 Å². The number of nitrogens with one attached hydrogen (secondary N) is 1. The topological polar surface area (TPSA) is 28.7 Å². The smallest absolute Gasteiger partial charge is 0.138 e. The predicted molar refractivity (Wildman–Crippen MR) is 79.0 cm³/mol. The SMILES string of the molecule is Cc1cc(Br)ccc1-c1nc2ccc(Cl)cc2[nH]1. The van der Waals surface area contributed by atoms with Gasteiger partial charge >= 0.3 is 0 Å². The largest absolute Gasteiger partial charge is 0.338 e. The van der Waals surface area contributed by atoms with Crippen molar-refractivity contribution in [3.05, 3.63) is 51.5 Å². The molecular formula is C14H10BrClN2.